The third kappa shape index (κ3) is 3.73. The zero-order valence-electron chi connectivity index (χ0n) is 12.8. The number of benzene rings is 1. The van der Waals surface area contributed by atoms with Gasteiger partial charge in [-0.1, -0.05) is 18.2 Å². The fourth-order valence-corrected chi connectivity index (χ4v) is 2.37. The lowest BCUT2D eigenvalue weighted by atomic mass is 10.1. The highest BCUT2D eigenvalue weighted by molar-refractivity contribution is 5.29. The van der Waals surface area contributed by atoms with Crippen LogP contribution in [-0.4, -0.2) is 18.2 Å². The molecule has 1 aromatic carbocycles. The summed E-state index contributed by atoms with van der Waals surface area (Å²) >= 11 is 0. The van der Waals surface area contributed by atoms with Crippen molar-refractivity contribution in [2.75, 3.05) is 13.7 Å². The van der Waals surface area contributed by atoms with Crippen molar-refractivity contribution < 1.29 is 4.74 Å². The zero-order chi connectivity index (χ0) is 15.2. The summed E-state index contributed by atoms with van der Waals surface area (Å²) in [6.07, 6.45) is 0. The van der Waals surface area contributed by atoms with E-state index in [0.717, 1.165) is 17.0 Å². The number of hydrogen-bond donors (Lipinski definition) is 1. The molecule has 1 atom stereocenters. The molecular weight excluding hydrogens is 264 g/mol. The Bertz CT molecular complexity index is 632. The average Bonchev–Trinajstić information content (AvgIpc) is 2.49. The maximum absolute atomic E-state index is 12.0. The summed E-state index contributed by atoms with van der Waals surface area (Å²) in [5.41, 5.74) is 2.13. The van der Waals surface area contributed by atoms with Gasteiger partial charge in [0.05, 0.1) is 12.6 Å². The molecule has 1 aromatic heterocycles. The van der Waals surface area contributed by atoms with Crippen molar-refractivity contribution in [2.45, 2.75) is 26.4 Å². The number of aryl methyl sites for hydroxylation is 1. The van der Waals surface area contributed by atoms with E-state index in [1.165, 1.54) is 0 Å². The predicted molar refractivity (Wildman–Crippen MR) is 84.9 cm³/mol. The van der Waals surface area contributed by atoms with Gasteiger partial charge >= 0.3 is 0 Å². The summed E-state index contributed by atoms with van der Waals surface area (Å²) < 4.78 is 7.24. The third-order valence-electron chi connectivity index (χ3n) is 3.58. The van der Waals surface area contributed by atoms with Gasteiger partial charge in [0.25, 0.3) is 5.56 Å². The molecule has 0 aliphatic heterocycles. The Balaban J connectivity index is 2.22. The lowest BCUT2D eigenvalue weighted by molar-refractivity contribution is 0.340. The number of hydrogen-bond acceptors (Lipinski definition) is 3. The van der Waals surface area contributed by atoms with Crippen LogP contribution in [0.15, 0.2) is 47.3 Å². The van der Waals surface area contributed by atoms with Crippen molar-refractivity contribution >= 4 is 0 Å². The molecule has 1 N–H and O–H groups in total. The van der Waals surface area contributed by atoms with E-state index in [2.05, 4.69) is 5.32 Å². The van der Waals surface area contributed by atoms with Gasteiger partial charge in [0, 0.05) is 18.3 Å². The van der Waals surface area contributed by atoms with Crippen LogP contribution in [0.2, 0.25) is 0 Å². The third-order valence-corrected chi connectivity index (χ3v) is 3.58. The van der Waals surface area contributed by atoms with Gasteiger partial charge in [-0.3, -0.25) is 4.79 Å². The van der Waals surface area contributed by atoms with Crippen molar-refractivity contribution in [3.8, 4) is 5.75 Å². The number of nitrogens with zero attached hydrogens (tertiary/aromatic N) is 1. The predicted octanol–water partition coefficient (Wildman–Crippen LogP) is 2.52. The Labute approximate surface area is 125 Å². The van der Waals surface area contributed by atoms with Crippen LogP contribution in [0.1, 0.15) is 24.2 Å². The summed E-state index contributed by atoms with van der Waals surface area (Å²) in [5.74, 6) is 0.865. The summed E-state index contributed by atoms with van der Waals surface area (Å²) in [7, 11) is 1.91. The van der Waals surface area contributed by atoms with Crippen molar-refractivity contribution in [2.24, 2.45) is 0 Å². The molecule has 0 spiro atoms. The normalized spacial score (nSPS) is 12.1. The number of likely N-dealkylation sites (N-methyl/N-ethyl adjacent to an activating group) is 1. The Morgan fingerprint density at radius 2 is 1.90 bits per heavy atom. The molecule has 0 radical (unpaired) electrons. The van der Waals surface area contributed by atoms with Gasteiger partial charge in [-0.2, -0.15) is 0 Å². The second-order valence-electron chi connectivity index (χ2n) is 4.96. The molecule has 0 saturated heterocycles. The van der Waals surface area contributed by atoms with Gasteiger partial charge in [-0.25, -0.2) is 0 Å². The maximum Gasteiger partial charge on any atom is 0.250 e. The minimum atomic E-state index is 0.0289. The largest absolute Gasteiger partial charge is 0.494 e. The molecular formula is C17H22N2O2. The molecule has 2 rings (SSSR count). The van der Waals surface area contributed by atoms with Crippen LogP contribution in [0.4, 0.5) is 0 Å². The molecule has 0 aliphatic carbocycles. The summed E-state index contributed by atoms with van der Waals surface area (Å²) in [6.45, 7) is 5.19. The molecule has 1 heterocycles. The maximum atomic E-state index is 12.0. The highest BCUT2D eigenvalue weighted by Crippen LogP contribution is 2.19. The van der Waals surface area contributed by atoms with Crippen LogP contribution in [0.5, 0.6) is 5.75 Å². The first-order chi connectivity index (χ1) is 10.2. The van der Waals surface area contributed by atoms with Crippen molar-refractivity contribution in [1.82, 2.24) is 9.88 Å². The van der Waals surface area contributed by atoms with Gasteiger partial charge < -0.3 is 14.6 Å². The lowest BCUT2D eigenvalue weighted by Gasteiger charge is -2.20. The molecule has 0 fully saturated rings. The van der Waals surface area contributed by atoms with E-state index >= 15 is 0 Å². The summed E-state index contributed by atoms with van der Waals surface area (Å²) in [5, 5.41) is 3.27. The molecule has 0 bridgehead atoms. The molecule has 0 aliphatic rings. The first-order valence-electron chi connectivity index (χ1n) is 7.22. The summed E-state index contributed by atoms with van der Waals surface area (Å²) in [6, 6.07) is 13.4. The van der Waals surface area contributed by atoms with Crippen molar-refractivity contribution in [1.29, 1.82) is 0 Å². The van der Waals surface area contributed by atoms with E-state index in [9.17, 15) is 4.79 Å². The highest BCUT2D eigenvalue weighted by atomic mass is 16.5. The Morgan fingerprint density at radius 1 is 1.19 bits per heavy atom. The first-order valence-corrected chi connectivity index (χ1v) is 7.22. The average molecular weight is 286 g/mol. The minimum absolute atomic E-state index is 0.0289. The number of nitrogens with one attached hydrogen (secondary N) is 1. The van der Waals surface area contributed by atoms with E-state index < -0.39 is 0 Å². The van der Waals surface area contributed by atoms with Gasteiger partial charge in [-0.15, -0.1) is 0 Å². The van der Waals surface area contributed by atoms with Crippen molar-refractivity contribution in [3.63, 3.8) is 0 Å². The van der Waals surface area contributed by atoms with Gasteiger partial charge in [0.1, 0.15) is 5.75 Å². The number of aromatic nitrogens is 1. The molecule has 0 amide bonds. The highest BCUT2D eigenvalue weighted by Gasteiger charge is 2.12. The second kappa shape index (κ2) is 7.09. The van der Waals surface area contributed by atoms with E-state index in [1.807, 2.05) is 51.2 Å². The van der Waals surface area contributed by atoms with E-state index in [-0.39, 0.29) is 11.6 Å². The minimum Gasteiger partial charge on any atom is -0.494 e. The Kier molecular flexibility index (Phi) is 5.17. The van der Waals surface area contributed by atoms with Gasteiger partial charge in [0.15, 0.2) is 0 Å². The molecule has 2 aromatic rings. The van der Waals surface area contributed by atoms with Crippen molar-refractivity contribution in [3.05, 3.63) is 64.1 Å². The van der Waals surface area contributed by atoms with E-state index in [0.29, 0.717) is 13.2 Å². The van der Waals surface area contributed by atoms with Crippen LogP contribution in [0, 0.1) is 6.92 Å². The first kappa shape index (κ1) is 15.3. The molecule has 0 saturated carbocycles. The van der Waals surface area contributed by atoms with E-state index in [1.54, 1.807) is 16.7 Å². The quantitative estimate of drug-likeness (QED) is 0.887. The smallest absolute Gasteiger partial charge is 0.250 e. The topological polar surface area (TPSA) is 43.3 Å². The molecule has 4 nitrogen and oxygen atoms in total. The van der Waals surface area contributed by atoms with Gasteiger partial charge in [0.2, 0.25) is 0 Å². The molecule has 21 heavy (non-hydrogen) atoms. The van der Waals surface area contributed by atoms with E-state index in [4.69, 9.17) is 4.74 Å². The SMILES string of the molecule is CCOc1ccc(C(Cn2c(C)cccc2=O)NC)cc1. The van der Waals surface area contributed by atoms with Gasteiger partial charge in [-0.05, 0) is 44.7 Å². The molecule has 1 unspecified atom stereocenters. The zero-order valence-corrected chi connectivity index (χ0v) is 12.8. The molecule has 112 valence electrons. The number of ether oxygens (including phenoxy) is 1. The van der Waals surface area contributed by atoms with Crippen LogP contribution >= 0.6 is 0 Å². The van der Waals surface area contributed by atoms with Crippen LogP contribution in [-0.2, 0) is 6.54 Å². The summed E-state index contributed by atoms with van der Waals surface area (Å²) in [4.78, 5) is 12.0. The molecule has 4 heteroatoms. The number of rotatable bonds is 6. The van der Waals surface area contributed by atoms with Crippen LogP contribution in [0.25, 0.3) is 0 Å². The monoisotopic (exact) mass is 286 g/mol. The van der Waals surface area contributed by atoms with Crippen LogP contribution in [0.3, 0.4) is 0 Å². The standard InChI is InChI=1S/C17H22N2O2/c1-4-21-15-10-8-14(9-11-15)16(18-3)12-19-13(2)6-5-7-17(19)20/h5-11,16,18H,4,12H2,1-3H3. The Hall–Kier alpha value is -2.07. The lowest BCUT2D eigenvalue weighted by Crippen LogP contribution is -2.29. The Morgan fingerprint density at radius 3 is 2.48 bits per heavy atom. The number of pyridine rings is 1. The fraction of sp³-hybridized carbons (Fsp3) is 0.353. The fourth-order valence-electron chi connectivity index (χ4n) is 2.37. The second-order valence-corrected chi connectivity index (χ2v) is 4.96. The van der Waals surface area contributed by atoms with Crippen LogP contribution < -0.4 is 15.6 Å².